The van der Waals surface area contributed by atoms with Crippen LogP contribution in [0.15, 0.2) is 73.2 Å². The lowest BCUT2D eigenvalue weighted by Gasteiger charge is -2.24. The zero-order valence-electron chi connectivity index (χ0n) is 21.3. The molecule has 10 heteroatoms. The second-order valence-electron chi connectivity index (χ2n) is 9.42. The highest BCUT2D eigenvalue weighted by atomic mass is 19.1. The Balaban J connectivity index is 1.51. The van der Waals surface area contributed by atoms with Gasteiger partial charge in [0.15, 0.2) is 0 Å². The highest BCUT2D eigenvalue weighted by Gasteiger charge is 2.26. The van der Waals surface area contributed by atoms with Crippen LogP contribution < -0.4 is 20.7 Å². The number of urea groups is 1. The molecule has 2 amide bonds. The molecular formula is C29H26FN7O2. The van der Waals surface area contributed by atoms with Gasteiger partial charge < -0.3 is 20.7 Å². The highest BCUT2D eigenvalue weighted by molar-refractivity contribution is 6.04. The topological polar surface area (TPSA) is 111 Å². The number of rotatable bonds is 6. The van der Waals surface area contributed by atoms with Crippen molar-refractivity contribution in [3.8, 4) is 33.9 Å². The van der Waals surface area contributed by atoms with Gasteiger partial charge >= 0.3 is 6.03 Å². The minimum absolute atomic E-state index is 0.415. The van der Waals surface area contributed by atoms with Crippen molar-refractivity contribution in [3.05, 3.63) is 79.1 Å². The maximum Gasteiger partial charge on any atom is 0.316 e. The van der Waals surface area contributed by atoms with Gasteiger partial charge in [-0.1, -0.05) is 18.2 Å². The summed E-state index contributed by atoms with van der Waals surface area (Å²) in [5.41, 5.74) is 9.66. The van der Waals surface area contributed by atoms with E-state index in [1.807, 2.05) is 48.5 Å². The SMILES string of the molecule is Cn1cc(-c2cc(Oc3ccccc3-c3c(N4CCCC4)c(F)nc4ccc(NC(N)=O)cc34)ccn2)cn1. The van der Waals surface area contributed by atoms with Crippen molar-refractivity contribution < 1.29 is 13.9 Å². The zero-order chi connectivity index (χ0) is 26.9. The van der Waals surface area contributed by atoms with Crippen LogP contribution in [0.5, 0.6) is 11.5 Å². The number of benzene rings is 2. The van der Waals surface area contributed by atoms with Gasteiger partial charge in [-0.3, -0.25) is 9.67 Å². The Bertz CT molecular complexity index is 1690. The molecule has 3 aromatic heterocycles. The summed E-state index contributed by atoms with van der Waals surface area (Å²) in [5, 5.41) is 7.51. The minimum atomic E-state index is -0.684. The van der Waals surface area contributed by atoms with Crippen LogP contribution in [0.2, 0.25) is 0 Å². The van der Waals surface area contributed by atoms with E-state index < -0.39 is 12.0 Å². The predicted molar refractivity (Wildman–Crippen MR) is 148 cm³/mol. The number of nitrogens with zero attached hydrogens (tertiary/aromatic N) is 5. The fraction of sp³-hybridized carbons (Fsp3) is 0.172. The summed E-state index contributed by atoms with van der Waals surface area (Å²) >= 11 is 0. The average Bonchev–Trinajstić information content (AvgIpc) is 3.61. The molecule has 2 aromatic carbocycles. The molecule has 1 aliphatic heterocycles. The molecule has 6 rings (SSSR count). The number of fused-ring (bicyclic) bond motifs is 1. The van der Waals surface area contributed by atoms with Crippen LogP contribution in [0, 0.1) is 5.95 Å². The highest BCUT2D eigenvalue weighted by Crippen LogP contribution is 2.45. The van der Waals surface area contributed by atoms with Gasteiger partial charge in [0.1, 0.15) is 17.2 Å². The third-order valence-corrected chi connectivity index (χ3v) is 6.72. The zero-order valence-corrected chi connectivity index (χ0v) is 21.3. The van der Waals surface area contributed by atoms with Crippen molar-refractivity contribution >= 4 is 28.3 Å². The molecule has 5 aromatic rings. The number of para-hydroxylation sites is 1. The van der Waals surface area contributed by atoms with Gasteiger partial charge in [-0.15, -0.1) is 0 Å². The van der Waals surface area contributed by atoms with E-state index in [9.17, 15) is 4.79 Å². The number of ether oxygens (including phenoxy) is 1. The molecule has 0 bridgehead atoms. The molecule has 1 fully saturated rings. The standard InChI is InChI=1S/C29H26FN7O2/c1-36-17-18(16-33-36)24-15-20(10-11-32-24)39-25-7-3-2-6-21(25)26-22-14-19(34-29(31)38)8-9-23(22)35-28(30)27(26)37-12-4-5-13-37/h2-3,6-11,14-17H,4-5,12-13H2,1H3,(H3,31,34,38). The van der Waals surface area contributed by atoms with Crippen LogP contribution in [-0.2, 0) is 7.05 Å². The van der Waals surface area contributed by atoms with E-state index in [0.29, 0.717) is 44.9 Å². The van der Waals surface area contributed by atoms with Gasteiger partial charge in [0, 0.05) is 66.4 Å². The number of nitrogens with one attached hydrogen (secondary N) is 1. The Kier molecular flexibility index (Phi) is 6.28. The molecule has 0 spiro atoms. The summed E-state index contributed by atoms with van der Waals surface area (Å²) in [4.78, 5) is 22.3. The lowest BCUT2D eigenvalue weighted by Crippen LogP contribution is -2.21. The van der Waals surface area contributed by atoms with Crippen LogP contribution in [0.25, 0.3) is 33.3 Å². The quantitative estimate of drug-likeness (QED) is 0.276. The summed E-state index contributed by atoms with van der Waals surface area (Å²) in [7, 11) is 1.85. The second-order valence-corrected chi connectivity index (χ2v) is 9.42. The molecule has 1 saturated heterocycles. The Morgan fingerprint density at radius 1 is 1.10 bits per heavy atom. The van der Waals surface area contributed by atoms with Gasteiger partial charge in [0.25, 0.3) is 0 Å². The van der Waals surface area contributed by atoms with Crippen molar-refractivity contribution in [2.24, 2.45) is 12.8 Å². The Hall–Kier alpha value is -4.99. The predicted octanol–water partition coefficient (Wildman–Crippen LogP) is 5.72. The van der Waals surface area contributed by atoms with Gasteiger partial charge in [0.2, 0.25) is 5.95 Å². The van der Waals surface area contributed by atoms with Crippen molar-refractivity contribution in [2.45, 2.75) is 12.8 Å². The molecular weight excluding hydrogens is 497 g/mol. The van der Waals surface area contributed by atoms with Crippen LogP contribution in [-0.4, -0.2) is 38.9 Å². The number of hydrogen-bond donors (Lipinski definition) is 2. The smallest absolute Gasteiger partial charge is 0.316 e. The van der Waals surface area contributed by atoms with Crippen molar-refractivity contribution in [2.75, 3.05) is 23.3 Å². The van der Waals surface area contributed by atoms with Crippen molar-refractivity contribution in [1.82, 2.24) is 19.7 Å². The van der Waals surface area contributed by atoms with Gasteiger partial charge in [0.05, 0.1) is 17.4 Å². The number of aromatic nitrogens is 4. The molecule has 0 unspecified atom stereocenters. The number of hydrogen-bond acceptors (Lipinski definition) is 6. The van der Waals surface area contributed by atoms with Gasteiger partial charge in [-0.05, 0) is 43.2 Å². The first kappa shape index (κ1) is 24.4. The van der Waals surface area contributed by atoms with E-state index >= 15 is 4.39 Å². The average molecular weight is 524 g/mol. The van der Waals surface area contributed by atoms with E-state index in [4.69, 9.17) is 10.5 Å². The second kappa shape index (κ2) is 10.1. The molecule has 196 valence electrons. The van der Waals surface area contributed by atoms with Crippen LogP contribution in [0.1, 0.15) is 12.8 Å². The summed E-state index contributed by atoms with van der Waals surface area (Å²) in [5.74, 6) is 0.572. The number of carbonyl (C=O) groups is 1. The molecule has 4 heterocycles. The Morgan fingerprint density at radius 2 is 1.92 bits per heavy atom. The number of pyridine rings is 2. The maximum absolute atomic E-state index is 15.7. The minimum Gasteiger partial charge on any atom is -0.457 e. The molecule has 9 nitrogen and oxygen atoms in total. The molecule has 3 N–H and O–H groups in total. The number of nitrogens with two attached hydrogens (primary N) is 1. The molecule has 0 aliphatic carbocycles. The summed E-state index contributed by atoms with van der Waals surface area (Å²) in [6.07, 6.45) is 7.23. The largest absolute Gasteiger partial charge is 0.457 e. The lowest BCUT2D eigenvalue weighted by atomic mass is 9.97. The first-order chi connectivity index (χ1) is 19.0. The molecule has 0 saturated carbocycles. The van der Waals surface area contributed by atoms with Crippen LogP contribution in [0.3, 0.4) is 0 Å². The van der Waals surface area contributed by atoms with Crippen LogP contribution in [0.4, 0.5) is 20.6 Å². The first-order valence-electron chi connectivity index (χ1n) is 12.6. The van der Waals surface area contributed by atoms with Gasteiger partial charge in [-0.25, -0.2) is 9.78 Å². The molecule has 0 atom stereocenters. The Labute approximate surface area is 224 Å². The van der Waals surface area contributed by atoms with Crippen LogP contribution >= 0.6 is 0 Å². The maximum atomic E-state index is 15.7. The fourth-order valence-electron chi connectivity index (χ4n) is 5.02. The van der Waals surface area contributed by atoms with E-state index in [-0.39, 0.29) is 0 Å². The fourth-order valence-corrected chi connectivity index (χ4v) is 5.02. The molecule has 39 heavy (non-hydrogen) atoms. The van der Waals surface area contributed by atoms with E-state index in [0.717, 1.165) is 37.2 Å². The number of aryl methyl sites for hydroxylation is 1. The van der Waals surface area contributed by atoms with Gasteiger partial charge in [-0.2, -0.15) is 9.49 Å². The third-order valence-electron chi connectivity index (χ3n) is 6.72. The number of carbonyl (C=O) groups excluding carboxylic acids is 1. The molecule has 0 radical (unpaired) electrons. The number of primary amides is 1. The number of anilines is 2. The normalized spacial score (nSPS) is 13.1. The van der Waals surface area contributed by atoms with Crippen molar-refractivity contribution in [3.63, 3.8) is 0 Å². The Morgan fingerprint density at radius 3 is 2.69 bits per heavy atom. The monoisotopic (exact) mass is 523 g/mol. The molecule has 1 aliphatic rings. The summed E-state index contributed by atoms with van der Waals surface area (Å²) < 4.78 is 23.9. The number of halogens is 1. The third kappa shape index (κ3) is 4.84. The summed E-state index contributed by atoms with van der Waals surface area (Å²) in [6, 6.07) is 15.5. The first-order valence-corrected chi connectivity index (χ1v) is 12.6. The van der Waals surface area contributed by atoms with E-state index in [2.05, 4.69) is 20.4 Å². The van der Waals surface area contributed by atoms with E-state index in [1.165, 1.54) is 0 Å². The summed E-state index contributed by atoms with van der Waals surface area (Å²) in [6.45, 7) is 1.44. The van der Waals surface area contributed by atoms with E-state index in [1.54, 1.807) is 41.3 Å². The number of amides is 2. The lowest BCUT2D eigenvalue weighted by molar-refractivity contribution is 0.259. The van der Waals surface area contributed by atoms with Crippen molar-refractivity contribution in [1.29, 1.82) is 0 Å².